The number of anilines is 2. The lowest BCUT2D eigenvalue weighted by Crippen LogP contribution is -2.34. The zero-order valence-corrected chi connectivity index (χ0v) is 16.7. The number of aromatic nitrogens is 2. The van der Waals surface area contributed by atoms with Crippen LogP contribution in [0.2, 0.25) is 10.0 Å². The van der Waals surface area contributed by atoms with Crippen LogP contribution in [0.4, 0.5) is 11.4 Å². The summed E-state index contributed by atoms with van der Waals surface area (Å²) in [6, 6.07) is 11.9. The van der Waals surface area contributed by atoms with Crippen LogP contribution in [0.5, 0.6) is 0 Å². The largest absolute Gasteiger partial charge is 0.341 e. The molecule has 0 aliphatic carbocycles. The second-order valence-corrected chi connectivity index (χ2v) is 8.35. The van der Waals surface area contributed by atoms with Crippen molar-refractivity contribution < 1.29 is 0 Å². The average Bonchev–Trinajstić information content (AvgIpc) is 3.01. The number of hydrogen-bond acceptors (Lipinski definition) is 4. The van der Waals surface area contributed by atoms with E-state index >= 15 is 0 Å². The van der Waals surface area contributed by atoms with Gasteiger partial charge in [0.05, 0.1) is 0 Å². The predicted molar refractivity (Wildman–Crippen MR) is 108 cm³/mol. The Bertz CT molecular complexity index is 986. The third-order valence-electron chi connectivity index (χ3n) is 4.97. The van der Waals surface area contributed by atoms with Gasteiger partial charge in [0.25, 0.3) is 5.56 Å². The molecule has 0 spiro atoms. The van der Waals surface area contributed by atoms with Crippen LogP contribution in [-0.4, -0.2) is 15.3 Å². The maximum atomic E-state index is 11.8. The summed E-state index contributed by atoms with van der Waals surface area (Å²) in [5.41, 5.74) is 4.71. The molecule has 1 aliphatic heterocycles. The molecule has 134 valence electrons. The minimum atomic E-state index is -0.227. The summed E-state index contributed by atoms with van der Waals surface area (Å²) in [6.07, 6.45) is 0.559. The number of nitrogens with one attached hydrogen (secondary N) is 1. The van der Waals surface area contributed by atoms with Crippen molar-refractivity contribution in [3.8, 4) is 0 Å². The van der Waals surface area contributed by atoms with Gasteiger partial charge in [-0.25, -0.2) is 0 Å². The lowest BCUT2D eigenvalue weighted by molar-refractivity contribution is 0.623. The first-order valence-corrected chi connectivity index (χ1v) is 9.81. The molecule has 0 amide bonds. The van der Waals surface area contributed by atoms with Crippen LogP contribution in [0, 0.1) is 0 Å². The minimum Gasteiger partial charge on any atom is -0.341 e. The first kappa shape index (κ1) is 17.6. The number of hydrogen-bond donors (Lipinski definition) is 1. The molecule has 1 aliphatic rings. The average molecular weight is 406 g/mol. The van der Waals surface area contributed by atoms with Gasteiger partial charge in [-0.3, -0.25) is 9.17 Å². The smallest absolute Gasteiger partial charge is 0.281 e. The van der Waals surface area contributed by atoms with Gasteiger partial charge < -0.3 is 4.90 Å². The zero-order chi connectivity index (χ0) is 18.5. The summed E-state index contributed by atoms with van der Waals surface area (Å²) >= 11 is 13.7. The SMILES string of the molecule is CC1(C)c2cc(Cl)ccc2N(CCc2ns[nH]c2=O)c2ccc(Cl)cc21. The fourth-order valence-electron chi connectivity index (χ4n) is 3.60. The van der Waals surface area contributed by atoms with Crippen molar-refractivity contribution in [3.63, 3.8) is 0 Å². The van der Waals surface area contributed by atoms with Crippen LogP contribution in [0.1, 0.15) is 30.7 Å². The second-order valence-electron chi connectivity index (χ2n) is 6.91. The van der Waals surface area contributed by atoms with E-state index in [1.165, 1.54) is 0 Å². The normalized spacial score (nSPS) is 14.8. The number of fused-ring (bicyclic) bond motifs is 2. The van der Waals surface area contributed by atoms with Gasteiger partial charge in [0.15, 0.2) is 0 Å². The molecule has 3 aromatic rings. The molecule has 0 saturated carbocycles. The highest BCUT2D eigenvalue weighted by Crippen LogP contribution is 2.50. The second kappa shape index (κ2) is 6.41. The van der Waals surface area contributed by atoms with Gasteiger partial charge in [0.1, 0.15) is 5.69 Å². The molecule has 0 atom stereocenters. The van der Waals surface area contributed by atoms with E-state index in [1.54, 1.807) is 0 Å². The molecule has 7 heteroatoms. The van der Waals surface area contributed by atoms with E-state index in [2.05, 4.69) is 27.5 Å². The topological polar surface area (TPSA) is 49.0 Å². The van der Waals surface area contributed by atoms with Crippen molar-refractivity contribution in [2.45, 2.75) is 25.7 Å². The first-order chi connectivity index (χ1) is 12.4. The highest BCUT2D eigenvalue weighted by Gasteiger charge is 2.36. The van der Waals surface area contributed by atoms with Crippen molar-refractivity contribution in [2.24, 2.45) is 0 Å². The van der Waals surface area contributed by atoms with Crippen LogP contribution < -0.4 is 10.5 Å². The fraction of sp³-hybridized carbons (Fsp3) is 0.263. The molecule has 2 aromatic carbocycles. The van der Waals surface area contributed by atoms with Crippen LogP contribution in [0.3, 0.4) is 0 Å². The maximum Gasteiger partial charge on any atom is 0.281 e. The summed E-state index contributed by atoms with van der Waals surface area (Å²) in [4.78, 5) is 14.0. The molecule has 0 saturated heterocycles. The van der Waals surface area contributed by atoms with Crippen molar-refractivity contribution in [1.82, 2.24) is 8.75 Å². The molecule has 0 bridgehead atoms. The van der Waals surface area contributed by atoms with Crippen LogP contribution in [0.15, 0.2) is 41.2 Å². The van der Waals surface area contributed by atoms with Gasteiger partial charge >= 0.3 is 0 Å². The number of halogens is 2. The summed E-state index contributed by atoms with van der Waals surface area (Å²) in [7, 11) is 0. The molecule has 1 N–H and O–H groups in total. The monoisotopic (exact) mass is 405 g/mol. The van der Waals surface area contributed by atoms with Gasteiger partial charge in [0.2, 0.25) is 0 Å². The van der Waals surface area contributed by atoms with Crippen molar-refractivity contribution in [2.75, 3.05) is 11.4 Å². The lowest BCUT2D eigenvalue weighted by atomic mass is 9.73. The Morgan fingerprint density at radius 3 is 2.15 bits per heavy atom. The van der Waals surface area contributed by atoms with E-state index in [0.717, 1.165) is 34.2 Å². The van der Waals surface area contributed by atoms with Gasteiger partial charge in [-0.2, -0.15) is 4.37 Å². The number of nitrogens with zero attached hydrogens (tertiary/aromatic N) is 2. The third-order valence-corrected chi connectivity index (χ3v) is 6.03. The Labute approximate surface area is 165 Å². The zero-order valence-electron chi connectivity index (χ0n) is 14.3. The van der Waals surface area contributed by atoms with Crippen molar-refractivity contribution >= 4 is 46.3 Å². The van der Waals surface area contributed by atoms with Crippen molar-refractivity contribution in [1.29, 1.82) is 0 Å². The third kappa shape index (κ3) is 2.84. The summed E-state index contributed by atoms with van der Waals surface area (Å²) in [6.45, 7) is 5.01. The van der Waals surface area contributed by atoms with E-state index in [4.69, 9.17) is 23.2 Å². The maximum absolute atomic E-state index is 11.8. The van der Waals surface area contributed by atoms with E-state index in [9.17, 15) is 4.79 Å². The van der Waals surface area contributed by atoms with Crippen LogP contribution >= 0.6 is 34.9 Å². The molecule has 4 nitrogen and oxygen atoms in total. The van der Waals surface area contributed by atoms with E-state index in [0.29, 0.717) is 28.7 Å². The highest BCUT2D eigenvalue weighted by atomic mass is 35.5. The molecule has 0 fully saturated rings. The van der Waals surface area contributed by atoms with E-state index in [-0.39, 0.29) is 11.0 Å². The standard InChI is InChI=1S/C19H17Cl2N3OS/c1-19(2)13-9-11(20)3-5-16(13)24(8-7-15-18(25)23-26-22-15)17-6-4-12(21)10-14(17)19/h3-6,9-10H,7-8H2,1-2H3,(H,23,25). The van der Waals surface area contributed by atoms with E-state index < -0.39 is 0 Å². The van der Waals surface area contributed by atoms with Crippen LogP contribution in [0.25, 0.3) is 0 Å². The fourth-order valence-corrected chi connectivity index (χ4v) is 4.48. The van der Waals surface area contributed by atoms with Gasteiger partial charge in [-0.1, -0.05) is 37.0 Å². The lowest BCUT2D eigenvalue weighted by Gasteiger charge is -2.42. The van der Waals surface area contributed by atoms with Crippen LogP contribution in [-0.2, 0) is 11.8 Å². The first-order valence-electron chi connectivity index (χ1n) is 8.29. The van der Waals surface area contributed by atoms with Gasteiger partial charge in [-0.05, 0) is 47.5 Å². The molecule has 0 unspecified atom stereocenters. The number of H-pyrrole nitrogens is 1. The molecule has 4 rings (SSSR count). The molecule has 2 heterocycles. The Kier molecular flexibility index (Phi) is 4.34. The Morgan fingerprint density at radius 1 is 1.08 bits per heavy atom. The molecule has 1 aromatic heterocycles. The van der Waals surface area contributed by atoms with Gasteiger partial charge in [-0.15, -0.1) is 0 Å². The van der Waals surface area contributed by atoms with E-state index in [1.807, 2.05) is 36.4 Å². The van der Waals surface area contributed by atoms with Crippen molar-refractivity contribution in [3.05, 3.63) is 73.6 Å². The Morgan fingerprint density at radius 2 is 1.65 bits per heavy atom. The summed E-state index contributed by atoms with van der Waals surface area (Å²) in [5, 5.41) is 1.41. The Balaban J connectivity index is 1.84. The predicted octanol–water partition coefficient (Wildman–Crippen LogP) is 5.16. The van der Waals surface area contributed by atoms with Gasteiger partial charge in [0, 0.05) is 51.5 Å². The minimum absolute atomic E-state index is 0.111. The number of aromatic amines is 1. The number of rotatable bonds is 3. The number of benzene rings is 2. The molecule has 26 heavy (non-hydrogen) atoms. The molecular formula is C19H17Cl2N3OS. The molecule has 0 radical (unpaired) electrons. The summed E-state index contributed by atoms with van der Waals surface area (Å²) < 4.78 is 6.82. The highest BCUT2D eigenvalue weighted by molar-refractivity contribution is 6.99. The molecular weight excluding hydrogens is 389 g/mol. The Hall–Kier alpha value is -1.82. The quantitative estimate of drug-likeness (QED) is 0.654. The summed E-state index contributed by atoms with van der Waals surface area (Å²) in [5.74, 6) is 0.